The molecule has 0 radical (unpaired) electrons. The number of carbonyl (C=O) groups excluding carboxylic acids is 3. The van der Waals surface area contributed by atoms with E-state index in [2.05, 4.69) is 15.6 Å². The Bertz CT molecular complexity index is 678. The summed E-state index contributed by atoms with van der Waals surface area (Å²) in [4.78, 5) is 46.1. The minimum absolute atomic E-state index is 0.150. The fourth-order valence-corrected chi connectivity index (χ4v) is 2.30. The molecule has 0 saturated carbocycles. The van der Waals surface area contributed by atoms with Crippen LogP contribution in [0.4, 0.5) is 0 Å². The van der Waals surface area contributed by atoms with Gasteiger partial charge in [0.2, 0.25) is 5.91 Å². The molecule has 0 aliphatic carbocycles. The number of unbranched alkanes of at least 4 members (excludes halogenated alkanes) is 2. The summed E-state index contributed by atoms with van der Waals surface area (Å²) in [6.45, 7) is 0.262. The van der Waals surface area contributed by atoms with Crippen LogP contribution < -0.4 is 5.32 Å². The number of carboxylic acids is 1. The van der Waals surface area contributed by atoms with Crippen molar-refractivity contribution in [3.05, 3.63) is 24.0 Å². The third-order valence-electron chi connectivity index (χ3n) is 3.54. The molecule has 1 aliphatic heterocycles. The van der Waals surface area contributed by atoms with E-state index in [9.17, 15) is 19.2 Å². The second-order valence-electron chi connectivity index (χ2n) is 5.55. The van der Waals surface area contributed by atoms with E-state index in [0.717, 1.165) is 6.42 Å². The van der Waals surface area contributed by atoms with Crippen LogP contribution in [0.1, 0.15) is 31.4 Å². The fourth-order valence-electron chi connectivity index (χ4n) is 2.30. The van der Waals surface area contributed by atoms with Crippen molar-refractivity contribution in [2.75, 3.05) is 6.54 Å². The van der Waals surface area contributed by atoms with E-state index in [4.69, 9.17) is 5.11 Å². The Morgan fingerprint density at radius 1 is 1.12 bits per heavy atom. The molecule has 0 unspecified atom stereocenters. The highest BCUT2D eigenvalue weighted by Gasteiger charge is 2.22. The number of amides is 3. The highest BCUT2D eigenvalue weighted by atomic mass is 16.4. The van der Waals surface area contributed by atoms with Crippen LogP contribution in [0.5, 0.6) is 0 Å². The van der Waals surface area contributed by atoms with Gasteiger partial charge in [-0.15, -0.1) is 5.10 Å². The number of imide groups is 1. The number of carboxylic acid groups (broad SMARTS) is 1. The van der Waals surface area contributed by atoms with Gasteiger partial charge in [0.15, 0.2) is 0 Å². The molecule has 2 rings (SSSR count). The zero-order valence-corrected chi connectivity index (χ0v) is 13.6. The summed E-state index contributed by atoms with van der Waals surface area (Å²) in [7, 11) is 0. The Balaban J connectivity index is 1.56. The van der Waals surface area contributed by atoms with Crippen LogP contribution in [0.3, 0.4) is 0 Å². The first-order valence-corrected chi connectivity index (χ1v) is 7.87. The van der Waals surface area contributed by atoms with E-state index < -0.39 is 5.97 Å². The van der Waals surface area contributed by atoms with Crippen LogP contribution >= 0.6 is 0 Å². The van der Waals surface area contributed by atoms with Crippen molar-refractivity contribution in [1.82, 2.24) is 25.2 Å². The molecule has 1 aromatic heterocycles. The Morgan fingerprint density at radius 3 is 2.52 bits per heavy atom. The predicted molar refractivity (Wildman–Crippen MR) is 83.8 cm³/mol. The van der Waals surface area contributed by atoms with Crippen LogP contribution in [-0.4, -0.2) is 55.2 Å². The third kappa shape index (κ3) is 5.83. The molecule has 3 amide bonds. The van der Waals surface area contributed by atoms with Gasteiger partial charge in [0.25, 0.3) is 11.8 Å². The number of rotatable bonds is 10. The predicted octanol–water partition coefficient (Wildman–Crippen LogP) is -0.536. The second-order valence-corrected chi connectivity index (χ2v) is 5.55. The Kier molecular flexibility index (Phi) is 6.38. The summed E-state index contributed by atoms with van der Waals surface area (Å²) in [6.07, 6.45) is 6.30. The molecule has 0 fully saturated rings. The van der Waals surface area contributed by atoms with Crippen molar-refractivity contribution < 1.29 is 24.3 Å². The number of hydrogen-bond donors (Lipinski definition) is 2. The fraction of sp³-hybridized carbons (Fsp3) is 0.467. The number of carbonyl (C=O) groups is 4. The molecule has 0 atom stereocenters. The number of nitrogens with one attached hydrogen (secondary N) is 1. The van der Waals surface area contributed by atoms with Gasteiger partial charge >= 0.3 is 5.97 Å². The second kappa shape index (κ2) is 8.71. The maximum atomic E-state index is 11.7. The molecule has 134 valence electrons. The summed E-state index contributed by atoms with van der Waals surface area (Å²) in [6, 6.07) is 0. The number of nitrogens with zero attached hydrogens (tertiary/aromatic N) is 4. The summed E-state index contributed by atoms with van der Waals surface area (Å²) in [5.74, 6) is -1.76. The lowest BCUT2D eigenvalue weighted by Gasteiger charge is -2.12. The van der Waals surface area contributed by atoms with Gasteiger partial charge in [-0.3, -0.25) is 24.1 Å². The van der Waals surface area contributed by atoms with Gasteiger partial charge in [0, 0.05) is 25.1 Å². The molecule has 2 heterocycles. The summed E-state index contributed by atoms with van der Waals surface area (Å²) < 4.78 is 1.18. The van der Waals surface area contributed by atoms with Crippen molar-refractivity contribution in [3.8, 4) is 0 Å². The van der Waals surface area contributed by atoms with Gasteiger partial charge in [-0.25, -0.2) is 4.68 Å². The third-order valence-corrected chi connectivity index (χ3v) is 3.54. The Hall–Kier alpha value is -3.04. The molecular formula is C15H19N5O5. The zero-order valence-electron chi connectivity index (χ0n) is 13.6. The van der Waals surface area contributed by atoms with Crippen molar-refractivity contribution in [2.24, 2.45) is 0 Å². The van der Waals surface area contributed by atoms with Crippen molar-refractivity contribution in [3.63, 3.8) is 0 Å². The average Bonchev–Trinajstić information content (AvgIpc) is 3.12. The Labute approximate surface area is 143 Å². The molecule has 0 saturated heterocycles. The van der Waals surface area contributed by atoms with Gasteiger partial charge < -0.3 is 10.4 Å². The summed E-state index contributed by atoms with van der Waals surface area (Å²) in [5.41, 5.74) is 0.480. The summed E-state index contributed by atoms with van der Waals surface area (Å²) in [5, 5.41) is 18.7. The maximum Gasteiger partial charge on any atom is 0.325 e. The van der Waals surface area contributed by atoms with Gasteiger partial charge in [-0.1, -0.05) is 11.6 Å². The lowest BCUT2D eigenvalue weighted by Crippen LogP contribution is -2.30. The zero-order chi connectivity index (χ0) is 18.2. The molecule has 10 heteroatoms. The standard InChI is InChI=1S/C15H19N5O5/c21-12(16-8-11-9-19(18-17-11)10-15(24)25)4-2-1-3-7-20-13(22)5-6-14(20)23/h5-6,9H,1-4,7-8,10H2,(H,16,21)(H,24,25). The van der Waals surface area contributed by atoms with Crippen LogP contribution in [0.25, 0.3) is 0 Å². The number of aliphatic carboxylic acids is 1. The molecule has 2 N–H and O–H groups in total. The van der Waals surface area contributed by atoms with Gasteiger partial charge in [0.05, 0.1) is 12.7 Å². The van der Waals surface area contributed by atoms with E-state index in [1.165, 1.54) is 27.9 Å². The Morgan fingerprint density at radius 2 is 1.84 bits per heavy atom. The van der Waals surface area contributed by atoms with E-state index in [1.807, 2.05) is 0 Å². The van der Waals surface area contributed by atoms with Crippen LogP contribution in [0.2, 0.25) is 0 Å². The molecule has 10 nitrogen and oxygen atoms in total. The van der Waals surface area contributed by atoms with Crippen molar-refractivity contribution >= 4 is 23.7 Å². The molecule has 1 aliphatic rings. The number of hydrogen-bond acceptors (Lipinski definition) is 6. The largest absolute Gasteiger partial charge is 0.480 e. The van der Waals surface area contributed by atoms with Crippen molar-refractivity contribution in [1.29, 1.82) is 0 Å². The highest BCUT2D eigenvalue weighted by molar-refractivity contribution is 6.12. The SMILES string of the molecule is O=C(O)Cn1cc(CNC(=O)CCCCCN2C(=O)C=CC2=O)nn1. The van der Waals surface area contributed by atoms with E-state index >= 15 is 0 Å². The van der Waals surface area contributed by atoms with Crippen molar-refractivity contribution in [2.45, 2.75) is 38.8 Å². The van der Waals surface area contributed by atoms with Crippen LogP contribution in [-0.2, 0) is 32.3 Å². The van der Waals surface area contributed by atoms with E-state index in [1.54, 1.807) is 0 Å². The number of aromatic nitrogens is 3. The maximum absolute atomic E-state index is 11.7. The van der Waals surface area contributed by atoms with E-state index in [0.29, 0.717) is 31.5 Å². The van der Waals surface area contributed by atoms with Gasteiger partial charge in [-0.2, -0.15) is 0 Å². The molecule has 0 bridgehead atoms. The average molecular weight is 349 g/mol. The molecule has 0 aromatic carbocycles. The first-order valence-electron chi connectivity index (χ1n) is 7.87. The molecule has 1 aromatic rings. The first-order chi connectivity index (χ1) is 12.0. The monoisotopic (exact) mass is 349 g/mol. The lowest BCUT2D eigenvalue weighted by atomic mass is 10.2. The first kappa shape index (κ1) is 18.3. The van der Waals surface area contributed by atoms with Crippen LogP contribution in [0.15, 0.2) is 18.3 Å². The minimum Gasteiger partial charge on any atom is -0.480 e. The normalized spacial score (nSPS) is 13.5. The minimum atomic E-state index is -1.02. The lowest BCUT2D eigenvalue weighted by molar-refractivity contribution is -0.138. The highest BCUT2D eigenvalue weighted by Crippen LogP contribution is 2.07. The molecule has 0 spiro atoms. The summed E-state index contributed by atoms with van der Waals surface area (Å²) >= 11 is 0. The van der Waals surface area contributed by atoms with Gasteiger partial charge in [-0.05, 0) is 12.8 Å². The quantitative estimate of drug-likeness (QED) is 0.428. The smallest absolute Gasteiger partial charge is 0.325 e. The topological polar surface area (TPSA) is 134 Å². The van der Waals surface area contributed by atoms with Crippen LogP contribution in [0, 0.1) is 0 Å². The van der Waals surface area contributed by atoms with E-state index in [-0.39, 0.29) is 30.8 Å². The van der Waals surface area contributed by atoms with Gasteiger partial charge in [0.1, 0.15) is 12.2 Å². The molecular weight excluding hydrogens is 330 g/mol. The molecule has 25 heavy (non-hydrogen) atoms.